The van der Waals surface area contributed by atoms with Crippen molar-refractivity contribution < 1.29 is 19.2 Å². The zero-order valence-corrected chi connectivity index (χ0v) is 13.2. The van der Waals surface area contributed by atoms with Crippen LogP contribution in [0.25, 0.3) is 0 Å². The number of imide groups is 1. The summed E-state index contributed by atoms with van der Waals surface area (Å²) in [5, 5.41) is 1.62. The number of hydrogen-bond acceptors (Lipinski definition) is 4. The van der Waals surface area contributed by atoms with Crippen LogP contribution in [0.1, 0.15) is 18.5 Å². The van der Waals surface area contributed by atoms with Gasteiger partial charge in [-0.2, -0.15) is 0 Å². The van der Waals surface area contributed by atoms with Gasteiger partial charge in [-0.1, -0.05) is 30.3 Å². The Bertz CT molecular complexity index is 635. The van der Waals surface area contributed by atoms with E-state index < -0.39 is 29.1 Å². The first-order chi connectivity index (χ1) is 11.0. The Labute approximate surface area is 138 Å². The highest BCUT2D eigenvalue weighted by Crippen LogP contribution is 2.16. The number of likely N-dealkylation sites (N-methyl/N-ethyl adjacent to an activating group) is 1. The zero-order valence-electron chi connectivity index (χ0n) is 12.5. The van der Waals surface area contributed by atoms with Crippen LogP contribution in [0.4, 0.5) is 4.79 Å². The lowest BCUT2D eigenvalue weighted by Crippen LogP contribution is -2.58. The number of carbonyl (C=O) groups is 4. The number of halogens is 1. The molecule has 1 saturated heterocycles. The average molecular weight is 338 g/mol. The van der Waals surface area contributed by atoms with Crippen molar-refractivity contribution in [2.75, 3.05) is 19.6 Å². The molecule has 1 aliphatic rings. The molecule has 1 aliphatic heterocycles. The van der Waals surface area contributed by atoms with E-state index in [1.54, 1.807) is 37.3 Å². The lowest BCUT2D eigenvalue weighted by Gasteiger charge is -2.32. The number of rotatable bonds is 4. The molecular formula is C15H16ClN3O4. The first-order valence-electron chi connectivity index (χ1n) is 7.11. The number of benzene rings is 1. The van der Waals surface area contributed by atoms with E-state index in [0.717, 1.165) is 4.90 Å². The number of hydrogen-bond donors (Lipinski definition) is 1. The summed E-state index contributed by atoms with van der Waals surface area (Å²) in [7, 11) is 0. The summed E-state index contributed by atoms with van der Waals surface area (Å²) in [5.74, 6) is -1.65. The Morgan fingerprint density at radius 1 is 1.17 bits per heavy atom. The maximum atomic E-state index is 12.2. The fourth-order valence-electron chi connectivity index (χ4n) is 2.29. The second kappa shape index (κ2) is 7.23. The second-order valence-electron chi connectivity index (χ2n) is 4.94. The van der Waals surface area contributed by atoms with Crippen LogP contribution in [-0.2, 0) is 14.4 Å². The molecule has 1 aromatic rings. The van der Waals surface area contributed by atoms with Crippen molar-refractivity contribution in [3.63, 3.8) is 0 Å². The molecule has 1 heterocycles. The highest BCUT2D eigenvalue weighted by atomic mass is 35.5. The molecule has 1 N–H and O–H groups in total. The summed E-state index contributed by atoms with van der Waals surface area (Å²) in [5.41, 5.74) is 0.492. The van der Waals surface area contributed by atoms with Crippen LogP contribution >= 0.6 is 11.6 Å². The minimum atomic E-state index is -1.09. The van der Waals surface area contributed by atoms with Crippen LogP contribution < -0.4 is 5.32 Å². The molecule has 1 aromatic carbocycles. The Kier molecular flexibility index (Phi) is 5.33. The van der Waals surface area contributed by atoms with E-state index >= 15 is 0 Å². The quantitative estimate of drug-likeness (QED) is 0.653. The van der Waals surface area contributed by atoms with Crippen molar-refractivity contribution in [1.82, 2.24) is 15.1 Å². The zero-order chi connectivity index (χ0) is 17.0. The van der Waals surface area contributed by atoms with Gasteiger partial charge in [0.15, 0.2) is 0 Å². The molecule has 1 unspecified atom stereocenters. The number of carbonyl (C=O) groups excluding carboxylic acids is 4. The minimum Gasteiger partial charge on any atom is -0.333 e. The molecule has 122 valence electrons. The third-order valence-electron chi connectivity index (χ3n) is 3.56. The minimum absolute atomic E-state index is 0.0717. The van der Waals surface area contributed by atoms with Crippen molar-refractivity contribution in [3.05, 3.63) is 35.9 Å². The lowest BCUT2D eigenvalue weighted by atomic mass is 10.1. The third-order valence-corrected chi connectivity index (χ3v) is 3.78. The number of nitrogens with one attached hydrogen (secondary N) is 1. The van der Waals surface area contributed by atoms with Gasteiger partial charge in [0.1, 0.15) is 6.04 Å². The third kappa shape index (κ3) is 3.68. The molecule has 4 amide bonds. The topological polar surface area (TPSA) is 86.8 Å². The van der Waals surface area contributed by atoms with Gasteiger partial charge < -0.3 is 10.2 Å². The van der Waals surface area contributed by atoms with Crippen molar-refractivity contribution in [1.29, 1.82) is 0 Å². The fourth-order valence-corrected chi connectivity index (χ4v) is 2.47. The largest absolute Gasteiger partial charge is 0.333 e. The first kappa shape index (κ1) is 17.0. The normalized spacial score (nSPS) is 16.3. The number of nitrogens with zero attached hydrogens (tertiary/aromatic N) is 2. The summed E-state index contributed by atoms with van der Waals surface area (Å²) in [6.07, 6.45) is 0. The van der Waals surface area contributed by atoms with E-state index in [-0.39, 0.29) is 13.1 Å². The van der Waals surface area contributed by atoms with E-state index in [4.69, 9.17) is 11.6 Å². The van der Waals surface area contributed by atoms with E-state index in [1.807, 2.05) is 0 Å². The second-order valence-corrected chi connectivity index (χ2v) is 5.31. The fraction of sp³-hybridized carbons (Fsp3) is 0.333. The van der Waals surface area contributed by atoms with Gasteiger partial charge in [0.05, 0.1) is 0 Å². The molecule has 1 atom stereocenters. The van der Waals surface area contributed by atoms with Crippen molar-refractivity contribution in [2.24, 2.45) is 0 Å². The van der Waals surface area contributed by atoms with Gasteiger partial charge >= 0.3 is 17.8 Å². The van der Waals surface area contributed by atoms with Gasteiger partial charge in [-0.15, -0.1) is 0 Å². The smallest absolute Gasteiger partial charge is 0.325 e. The van der Waals surface area contributed by atoms with Crippen LogP contribution in [0.2, 0.25) is 0 Å². The summed E-state index contributed by atoms with van der Waals surface area (Å²) in [4.78, 5) is 49.8. The Morgan fingerprint density at radius 3 is 2.39 bits per heavy atom. The standard InChI is InChI=1S/C15H16ClN3O4/c1-2-18-8-9-19(14(22)13(18)21)15(23)17-11(12(16)20)10-6-4-3-5-7-10/h3-7,11H,2,8-9H2,1H3,(H,17,23). The molecule has 7 nitrogen and oxygen atoms in total. The summed E-state index contributed by atoms with van der Waals surface area (Å²) in [6.45, 7) is 2.48. The molecule has 0 saturated carbocycles. The maximum absolute atomic E-state index is 12.2. The Hall–Kier alpha value is -2.41. The van der Waals surface area contributed by atoms with E-state index in [2.05, 4.69) is 5.32 Å². The van der Waals surface area contributed by atoms with Gasteiger partial charge in [-0.3, -0.25) is 19.3 Å². The van der Waals surface area contributed by atoms with E-state index in [9.17, 15) is 19.2 Å². The molecule has 2 rings (SSSR count). The van der Waals surface area contributed by atoms with Gasteiger partial charge in [-0.25, -0.2) is 4.79 Å². The molecule has 0 aromatic heterocycles. The van der Waals surface area contributed by atoms with Crippen LogP contribution in [0.3, 0.4) is 0 Å². The first-order valence-corrected chi connectivity index (χ1v) is 7.49. The van der Waals surface area contributed by atoms with Gasteiger partial charge in [0.2, 0.25) is 5.24 Å². The molecule has 23 heavy (non-hydrogen) atoms. The summed E-state index contributed by atoms with van der Waals surface area (Å²) >= 11 is 5.54. The monoisotopic (exact) mass is 337 g/mol. The molecule has 0 aliphatic carbocycles. The van der Waals surface area contributed by atoms with Gasteiger partial charge in [0, 0.05) is 19.6 Å². The lowest BCUT2D eigenvalue weighted by molar-refractivity contribution is -0.153. The predicted molar refractivity (Wildman–Crippen MR) is 82.5 cm³/mol. The SMILES string of the molecule is CCN1CCN(C(=O)NC(C(=O)Cl)c2ccccc2)C(=O)C1=O. The summed E-state index contributed by atoms with van der Waals surface area (Å²) < 4.78 is 0. The van der Waals surface area contributed by atoms with E-state index in [0.29, 0.717) is 12.1 Å². The number of amides is 4. The van der Waals surface area contributed by atoms with Gasteiger partial charge in [-0.05, 0) is 24.1 Å². The van der Waals surface area contributed by atoms with E-state index in [1.165, 1.54) is 4.90 Å². The number of urea groups is 1. The van der Waals surface area contributed by atoms with Crippen molar-refractivity contribution >= 4 is 34.7 Å². The van der Waals surface area contributed by atoms with Crippen molar-refractivity contribution in [3.8, 4) is 0 Å². The van der Waals surface area contributed by atoms with Crippen LogP contribution in [0, 0.1) is 0 Å². The molecule has 1 fully saturated rings. The Balaban J connectivity index is 2.12. The molecule has 0 radical (unpaired) electrons. The van der Waals surface area contributed by atoms with Gasteiger partial charge in [0.25, 0.3) is 0 Å². The number of piperazine rings is 1. The van der Waals surface area contributed by atoms with Crippen molar-refractivity contribution in [2.45, 2.75) is 13.0 Å². The summed E-state index contributed by atoms with van der Waals surface area (Å²) in [6, 6.07) is 6.51. The van der Waals surface area contributed by atoms with Crippen LogP contribution in [0.15, 0.2) is 30.3 Å². The molecule has 8 heteroatoms. The molecule has 0 bridgehead atoms. The average Bonchev–Trinajstić information content (AvgIpc) is 2.55. The van der Waals surface area contributed by atoms with Crippen LogP contribution in [0.5, 0.6) is 0 Å². The Morgan fingerprint density at radius 2 is 1.83 bits per heavy atom. The predicted octanol–water partition coefficient (Wildman–Crippen LogP) is 0.893. The maximum Gasteiger partial charge on any atom is 0.325 e. The highest BCUT2D eigenvalue weighted by Gasteiger charge is 2.36. The molecular weight excluding hydrogens is 322 g/mol. The molecule has 0 spiro atoms. The van der Waals surface area contributed by atoms with Crippen LogP contribution in [-0.4, -0.2) is 52.5 Å². The highest BCUT2D eigenvalue weighted by molar-refractivity contribution is 6.64.